The van der Waals surface area contributed by atoms with E-state index in [0.29, 0.717) is 25.9 Å². The van der Waals surface area contributed by atoms with Crippen molar-refractivity contribution in [2.45, 2.75) is 405 Å². The third-order valence-corrected chi connectivity index (χ3v) is 16.2. The van der Waals surface area contributed by atoms with Gasteiger partial charge >= 0.3 is 5.97 Å². The van der Waals surface area contributed by atoms with Gasteiger partial charge in [0.2, 0.25) is 5.91 Å². The van der Waals surface area contributed by atoms with Crippen molar-refractivity contribution in [3.63, 3.8) is 0 Å². The van der Waals surface area contributed by atoms with E-state index in [9.17, 15) is 19.8 Å². The zero-order valence-corrected chi connectivity index (χ0v) is 49.9. The van der Waals surface area contributed by atoms with Crippen LogP contribution in [0.2, 0.25) is 0 Å². The fourth-order valence-electron chi connectivity index (χ4n) is 11.0. The van der Waals surface area contributed by atoms with Gasteiger partial charge in [-0.15, -0.1) is 0 Å². The fraction of sp³-hybridized carbons (Fsp3) is 0.970. The first kappa shape index (κ1) is 71.9. The number of hydrogen-bond donors (Lipinski definition) is 3. The van der Waals surface area contributed by atoms with Crippen LogP contribution < -0.4 is 5.32 Å². The van der Waals surface area contributed by atoms with Crippen LogP contribution in [0.1, 0.15) is 393 Å². The van der Waals surface area contributed by atoms with Gasteiger partial charge in [-0.05, 0) is 25.7 Å². The third kappa shape index (κ3) is 60.0. The van der Waals surface area contributed by atoms with Crippen molar-refractivity contribution in [3.8, 4) is 0 Å². The predicted molar refractivity (Wildman–Crippen MR) is 320 cm³/mol. The summed E-state index contributed by atoms with van der Waals surface area (Å²) in [6.07, 6.45) is 75.6. The Bertz CT molecular complexity index is 1050. The molecule has 6 nitrogen and oxygen atoms in total. The molecule has 0 saturated carbocycles. The molecule has 6 heteroatoms. The van der Waals surface area contributed by atoms with E-state index in [2.05, 4.69) is 19.2 Å². The molecule has 0 saturated heterocycles. The Morgan fingerprint density at radius 3 is 0.836 bits per heavy atom. The molecule has 2 atom stereocenters. The van der Waals surface area contributed by atoms with Gasteiger partial charge in [0.15, 0.2) is 0 Å². The lowest BCUT2D eigenvalue weighted by Gasteiger charge is -2.22. The number of carbonyl (C=O) groups excluding carboxylic acids is 2. The zero-order chi connectivity index (χ0) is 52.9. The Morgan fingerprint density at radius 2 is 0.562 bits per heavy atom. The molecule has 0 aromatic heterocycles. The number of amides is 1. The number of ether oxygens (including phenoxy) is 1. The lowest BCUT2D eigenvalue weighted by atomic mass is 10.0. The molecule has 0 rings (SSSR count). The minimum Gasteiger partial charge on any atom is -0.466 e. The van der Waals surface area contributed by atoms with Crippen LogP contribution in [0.4, 0.5) is 0 Å². The normalized spacial score (nSPS) is 12.4. The smallest absolute Gasteiger partial charge is 0.305 e. The number of carbonyl (C=O) groups is 2. The Balaban J connectivity index is 3.38. The second-order valence-corrected chi connectivity index (χ2v) is 23.5. The van der Waals surface area contributed by atoms with Gasteiger partial charge in [-0.2, -0.15) is 0 Å². The van der Waals surface area contributed by atoms with Gasteiger partial charge in [0, 0.05) is 12.8 Å². The summed E-state index contributed by atoms with van der Waals surface area (Å²) < 4.78 is 5.48. The van der Waals surface area contributed by atoms with Gasteiger partial charge in [0.1, 0.15) is 0 Å². The van der Waals surface area contributed by atoms with Gasteiger partial charge in [0.05, 0.1) is 25.4 Å². The zero-order valence-electron chi connectivity index (χ0n) is 49.9. The van der Waals surface area contributed by atoms with Crippen LogP contribution in [0.15, 0.2) is 0 Å². The summed E-state index contributed by atoms with van der Waals surface area (Å²) in [4.78, 5) is 24.6. The van der Waals surface area contributed by atoms with E-state index in [-0.39, 0.29) is 18.5 Å². The fourth-order valence-corrected chi connectivity index (χ4v) is 11.0. The number of esters is 1. The largest absolute Gasteiger partial charge is 0.466 e. The molecule has 0 aromatic carbocycles. The first-order chi connectivity index (χ1) is 36.0. The van der Waals surface area contributed by atoms with Crippen molar-refractivity contribution in [1.82, 2.24) is 5.32 Å². The van der Waals surface area contributed by atoms with Crippen LogP contribution in [-0.2, 0) is 14.3 Å². The number of aliphatic hydroxyl groups excluding tert-OH is 2. The monoisotopic (exact) mass is 1030 g/mol. The molecule has 0 heterocycles. The Labute approximate surface area is 457 Å². The number of unbranched alkanes of at least 4 members (excludes halogenated alkanes) is 53. The molecule has 1 amide bonds. The van der Waals surface area contributed by atoms with Crippen LogP contribution in [0, 0.1) is 0 Å². The molecular weight excluding hydrogens is 899 g/mol. The lowest BCUT2D eigenvalue weighted by molar-refractivity contribution is -0.143. The highest BCUT2D eigenvalue weighted by molar-refractivity contribution is 5.76. The maximum Gasteiger partial charge on any atom is 0.305 e. The van der Waals surface area contributed by atoms with E-state index in [1.54, 1.807) is 0 Å². The van der Waals surface area contributed by atoms with Crippen molar-refractivity contribution in [3.05, 3.63) is 0 Å². The Hall–Kier alpha value is -1.14. The van der Waals surface area contributed by atoms with Crippen LogP contribution in [-0.4, -0.2) is 47.4 Å². The summed E-state index contributed by atoms with van der Waals surface area (Å²) in [5, 5.41) is 23.4. The molecular formula is C67H133NO5. The topological polar surface area (TPSA) is 95.9 Å². The molecule has 0 radical (unpaired) electrons. The minimum atomic E-state index is -0.666. The highest BCUT2D eigenvalue weighted by atomic mass is 16.5. The van der Waals surface area contributed by atoms with E-state index < -0.39 is 12.1 Å². The number of rotatable bonds is 64. The lowest BCUT2D eigenvalue weighted by Crippen LogP contribution is -2.45. The molecule has 0 aliphatic rings. The second-order valence-electron chi connectivity index (χ2n) is 23.5. The highest BCUT2D eigenvalue weighted by Gasteiger charge is 2.20. The first-order valence-electron chi connectivity index (χ1n) is 33.8. The van der Waals surface area contributed by atoms with E-state index in [1.165, 1.54) is 321 Å². The SMILES string of the molecule is CCCCCCCCCCCCCCCCCCCCCCCCCC(O)C(CO)NC(=O)CCCCCCCCCCCCCCCCCCCCCCOC(=O)CCCCCCCCCCCCCCC. The maximum absolute atomic E-state index is 12.5. The van der Waals surface area contributed by atoms with Gasteiger partial charge in [-0.25, -0.2) is 0 Å². The summed E-state index contributed by atoms with van der Waals surface area (Å²) in [5.74, 6) is -0.0176. The molecule has 0 aliphatic heterocycles. The van der Waals surface area contributed by atoms with Crippen molar-refractivity contribution >= 4 is 11.9 Å². The molecule has 0 aromatic rings. The van der Waals surface area contributed by atoms with Gasteiger partial charge < -0.3 is 20.3 Å². The van der Waals surface area contributed by atoms with Crippen molar-refractivity contribution in [1.29, 1.82) is 0 Å². The Morgan fingerprint density at radius 1 is 0.329 bits per heavy atom. The van der Waals surface area contributed by atoms with E-state index in [0.717, 1.165) is 38.5 Å². The molecule has 0 aliphatic carbocycles. The summed E-state index contributed by atoms with van der Waals surface area (Å²) in [6, 6.07) is -0.543. The molecule has 0 fully saturated rings. The summed E-state index contributed by atoms with van der Waals surface area (Å²) in [5.41, 5.74) is 0. The molecule has 0 spiro atoms. The van der Waals surface area contributed by atoms with Crippen LogP contribution >= 0.6 is 0 Å². The molecule has 3 N–H and O–H groups in total. The molecule has 73 heavy (non-hydrogen) atoms. The van der Waals surface area contributed by atoms with Crippen LogP contribution in [0.3, 0.4) is 0 Å². The van der Waals surface area contributed by atoms with Crippen molar-refractivity contribution < 1.29 is 24.5 Å². The number of aliphatic hydroxyl groups is 2. The molecule has 436 valence electrons. The van der Waals surface area contributed by atoms with Crippen molar-refractivity contribution in [2.24, 2.45) is 0 Å². The van der Waals surface area contributed by atoms with Gasteiger partial charge in [-0.3, -0.25) is 9.59 Å². The quantitative estimate of drug-likeness (QED) is 0.0417. The Kier molecular flexibility index (Phi) is 62.4. The predicted octanol–water partition coefficient (Wildman–Crippen LogP) is 21.4. The standard InChI is InChI=1S/C67H133NO5/c1-3-5-7-9-11-13-15-17-18-19-20-21-22-23-26-29-32-36-39-43-47-51-55-59-65(70)64(63-69)68-66(71)60-56-52-48-44-40-37-33-30-27-24-25-28-31-34-38-42-46-50-54-58-62-73-67(72)61-57-53-49-45-41-35-16-14-12-10-8-6-4-2/h64-65,69-70H,3-63H2,1-2H3,(H,68,71). The highest BCUT2D eigenvalue weighted by Crippen LogP contribution is 2.19. The summed E-state index contributed by atoms with van der Waals surface area (Å²) >= 11 is 0. The van der Waals surface area contributed by atoms with E-state index in [4.69, 9.17) is 4.74 Å². The van der Waals surface area contributed by atoms with E-state index >= 15 is 0 Å². The van der Waals surface area contributed by atoms with Crippen LogP contribution in [0.5, 0.6) is 0 Å². The van der Waals surface area contributed by atoms with Gasteiger partial charge in [0.25, 0.3) is 0 Å². The molecule has 2 unspecified atom stereocenters. The second kappa shape index (κ2) is 63.4. The number of hydrogen-bond acceptors (Lipinski definition) is 5. The minimum absolute atomic E-state index is 0.0137. The summed E-state index contributed by atoms with van der Waals surface area (Å²) in [7, 11) is 0. The van der Waals surface area contributed by atoms with Crippen LogP contribution in [0.25, 0.3) is 0 Å². The van der Waals surface area contributed by atoms with Crippen molar-refractivity contribution in [2.75, 3.05) is 13.2 Å². The average molecular weight is 1030 g/mol. The summed E-state index contributed by atoms with van der Waals surface area (Å²) in [6.45, 7) is 4.99. The average Bonchev–Trinajstić information content (AvgIpc) is 3.39. The van der Waals surface area contributed by atoms with E-state index in [1.807, 2.05) is 0 Å². The molecule has 0 bridgehead atoms. The van der Waals surface area contributed by atoms with Gasteiger partial charge in [-0.1, -0.05) is 354 Å². The third-order valence-electron chi connectivity index (χ3n) is 16.2. The maximum atomic E-state index is 12.5. The number of nitrogens with one attached hydrogen (secondary N) is 1. The first-order valence-corrected chi connectivity index (χ1v) is 33.8.